The fraction of sp³-hybridized carbons (Fsp3) is 0.611. The van der Waals surface area contributed by atoms with Crippen molar-refractivity contribution in [3.05, 3.63) is 22.2 Å². The molecule has 140 valence electrons. The van der Waals surface area contributed by atoms with E-state index in [1.807, 2.05) is 0 Å². The summed E-state index contributed by atoms with van der Waals surface area (Å²) in [6.45, 7) is 2.18. The van der Waals surface area contributed by atoms with Crippen molar-refractivity contribution >= 4 is 17.3 Å². The van der Waals surface area contributed by atoms with Crippen LogP contribution in [0.1, 0.15) is 58.3 Å². The van der Waals surface area contributed by atoms with Crippen molar-refractivity contribution in [2.24, 2.45) is 0 Å². The van der Waals surface area contributed by atoms with Crippen molar-refractivity contribution < 1.29 is 19.2 Å². The number of benzene rings is 1. The highest BCUT2D eigenvalue weighted by molar-refractivity contribution is 5.95. The first-order valence-electron chi connectivity index (χ1n) is 8.74. The molecule has 1 aromatic rings. The number of methoxy groups -OCH3 is 2. The molecule has 0 spiro atoms. The molecule has 0 unspecified atom stereocenters. The minimum atomic E-state index is -0.551. The van der Waals surface area contributed by atoms with Crippen LogP contribution >= 0.6 is 0 Å². The number of nitrogens with zero attached hydrogens (tertiary/aromatic N) is 1. The second kappa shape index (κ2) is 11.3. The van der Waals surface area contributed by atoms with Crippen LogP contribution in [0.15, 0.2) is 12.1 Å². The summed E-state index contributed by atoms with van der Waals surface area (Å²) < 4.78 is 10.3. The standard InChI is InChI=1S/C18H28N2O5/c1-4-5-6-7-8-9-10-11-16(21)19-17-15(24-2)13-12-14(20(22)23)18(17)25-3/h12-13H,4-11H2,1-3H3,(H,19,21). The topological polar surface area (TPSA) is 90.7 Å². The third-order valence-corrected chi connectivity index (χ3v) is 3.99. The molecule has 7 nitrogen and oxygen atoms in total. The molecule has 0 heterocycles. The lowest BCUT2D eigenvalue weighted by molar-refractivity contribution is -0.385. The zero-order valence-corrected chi connectivity index (χ0v) is 15.3. The van der Waals surface area contributed by atoms with E-state index in [2.05, 4.69) is 12.2 Å². The van der Waals surface area contributed by atoms with E-state index < -0.39 is 4.92 Å². The van der Waals surface area contributed by atoms with E-state index in [-0.39, 0.29) is 23.0 Å². The third kappa shape index (κ3) is 6.60. The van der Waals surface area contributed by atoms with Gasteiger partial charge in [0.15, 0.2) is 0 Å². The Bertz CT molecular complexity index is 575. The lowest BCUT2D eigenvalue weighted by Gasteiger charge is -2.14. The number of nitrogens with one attached hydrogen (secondary N) is 1. The van der Waals surface area contributed by atoms with Crippen molar-refractivity contribution in [2.75, 3.05) is 19.5 Å². The highest BCUT2D eigenvalue weighted by atomic mass is 16.6. The molecular formula is C18H28N2O5. The number of rotatable bonds is 12. The van der Waals surface area contributed by atoms with Crippen LogP contribution < -0.4 is 14.8 Å². The Kier molecular flexibility index (Phi) is 9.36. The van der Waals surface area contributed by atoms with Crippen molar-refractivity contribution in [2.45, 2.75) is 58.3 Å². The monoisotopic (exact) mass is 352 g/mol. The number of carbonyl (C=O) groups excluding carboxylic acids is 1. The first kappa shape index (κ1) is 20.7. The number of amides is 1. The van der Waals surface area contributed by atoms with Gasteiger partial charge in [-0.1, -0.05) is 45.4 Å². The molecule has 25 heavy (non-hydrogen) atoms. The molecule has 0 aromatic heterocycles. The summed E-state index contributed by atoms with van der Waals surface area (Å²) in [6, 6.07) is 2.74. The van der Waals surface area contributed by atoms with E-state index in [0.29, 0.717) is 12.2 Å². The number of hydrogen-bond acceptors (Lipinski definition) is 5. The van der Waals surface area contributed by atoms with Crippen LogP contribution in [0.2, 0.25) is 0 Å². The summed E-state index contributed by atoms with van der Waals surface area (Å²) in [5.41, 5.74) is -0.0123. The average molecular weight is 352 g/mol. The number of hydrogen-bond donors (Lipinski definition) is 1. The quantitative estimate of drug-likeness (QED) is 0.335. The molecule has 0 radical (unpaired) electrons. The normalized spacial score (nSPS) is 10.4. The number of carbonyl (C=O) groups is 1. The number of ether oxygens (including phenoxy) is 2. The molecule has 0 saturated carbocycles. The van der Waals surface area contributed by atoms with Gasteiger partial charge in [-0.3, -0.25) is 14.9 Å². The minimum Gasteiger partial charge on any atom is -0.494 e. The zero-order chi connectivity index (χ0) is 18.7. The fourth-order valence-electron chi connectivity index (χ4n) is 2.64. The highest BCUT2D eigenvalue weighted by Gasteiger charge is 2.23. The van der Waals surface area contributed by atoms with Crippen LogP contribution in [0.4, 0.5) is 11.4 Å². The number of anilines is 1. The van der Waals surface area contributed by atoms with E-state index >= 15 is 0 Å². The van der Waals surface area contributed by atoms with Gasteiger partial charge in [0.2, 0.25) is 11.7 Å². The molecule has 0 aliphatic heterocycles. The second-order valence-electron chi connectivity index (χ2n) is 5.87. The summed E-state index contributed by atoms with van der Waals surface area (Å²) >= 11 is 0. The van der Waals surface area contributed by atoms with Crippen molar-refractivity contribution in [1.29, 1.82) is 0 Å². The number of unbranched alkanes of at least 4 members (excludes halogenated alkanes) is 6. The molecule has 0 atom stereocenters. The maximum atomic E-state index is 12.2. The average Bonchev–Trinajstić information content (AvgIpc) is 2.60. The maximum absolute atomic E-state index is 12.2. The van der Waals surface area contributed by atoms with Crippen LogP contribution in [0, 0.1) is 10.1 Å². The molecule has 0 fully saturated rings. The molecule has 0 bridgehead atoms. The highest BCUT2D eigenvalue weighted by Crippen LogP contribution is 2.41. The Hall–Kier alpha value is -2.31. The molecule has 0 saturated heterocycles. The fourth-order valence-corrected chi connectivity index (χ4v) is 2.64. The Morgan fingerprint density at radius 1 is 1.08 bits per heavy atom. The SMILES string of the molecule is CCCCCCCCCC(=O)Nc1c(OC)ccc([N+](=O)[O-])c1OC. The molecule has 0 aliphatic carbocycles. The molecule has 1 N–H and O–H groups in total. The smallest absolute Gasteiger partial charge is 0.313 e. The molecule has 1 aromatic carbocycles. The summed E-state index contributed by atoms with van der Waals surface area (Å²) in [5, 5.41) is 13.8. The Balaban J connectivity index is 2.63. The lowest BCUT2D eigenvalue weighted by atomic mass is 10.1. The Morgan fingerprint density at radius 2 is 1.72 bits per heavy atom. The van der Waals surface area contributed by atoms with E-state index in [9.17, 15) is 14.9 Å². The zero-order valence-electron chi connectivity index (χ0n) is 15.3. The van der Waals surface area contributed by atoms with Gasteiger partial charge >= 0.3 is 5.69 Å². The summed E-state index contributed by atoms with van der Waals surface area (Å²) in [7, 11) is 2.76. The van der Waals surface area contributed by atoms with Crippen molar-refractivity contribution in [1.82, 2.24) is 0 Å². The van der Waals surface area contributed by atoms with Gasteiger partial charge in [0.1, 0.15) is 11.4 Å². The first-order valence-corrected chi connectivity index (χ1v) is 8.74. The van der Waals surface area contributed by atoms with Gasteiger partial charge in [0, 0.05) is 12.5 Å². The van der Waals surface area contributed by atoms with E-state index in [0.717, 1.165) is 19.3 Å². The van der Waals surface area contributed by atoms with Crippen LogP contribution in [0.5, 0.6) is 11.5 Å². The van der Waals surface area contributed by atoms with Gasteiger partial charge in [-0.15, -0.1) is 0 Å². The second-order valence-corrected chi connectivity index (χ2v) is 5.87. The summed E-state index contributed by atoms with van der Waals surface area (Å²) in [5.74, 6) is 0.123. The van der Waals surface area contributed by atoms with Crippen LogP contribution in [-0.2, 0) is 4.79 Å². The molecular weight excluding hydrogens is 324 g/mol. The van der Waals surface area contributed by atoms with Gasteiger partial charge in [-0.2, -0.15) is 0 Å². The molecule has 0 aliphatic rings. The van der Waals surface area contributed by atoms with Crippen molar-refractivity contribution in [3.63, 3.8) is 0 Å². The van der Waals surface area contributed by atoms with Crippen LogP contribution in [0.25, 0.3) is 0 Å². The summed E-state index contributed by atoms with van der Waals surface area (Å²) in [6.07, 6.45) is 8.19. The molecule has 7 heteroatoms. The number of nitro benzene ring substituents is 1. The lowest BCUT2D eigenvalue weighted by Crippen LogP contribution is -2.13. The maximum Gasteiger partial charge on any atom is 0.313 e. The van der Waals surface area contributed by atoms with Gasteiger partial charge in [0.05, 0.1) is 19.1 Å². The minimum absolute atomic E-state index is 0.00253. The van der Waals surface area contributed by atoms with Crippen LogP contribution in [-0.4, -0.2) is 25.1 Å². The van der Waals surface area contributed by atoms with E-state index in [4.69, 9.17) is 9.47 Å². The van der Waals surface area contributed by atoms with E-state index in [1.54, 1.807) is 0 Å². The Labute approximate surface area is 148 Å². The van der Waals surface area contributed by atoms with Crippen LogP contribution in [0.3, 0.4) is 0 Å². The Morgan fingerprint density at radius 3 is 2.28 bits per heavy atom. The van der Waals surface area contributed by atoms with Gasteiger partial charge in [0.25, 0.3) is 0 Å². The van der Waals surface area contributed by atoms with Gasteiger partial charge in [-0.25, -0.2) is 0 Å². The largest absolute Gasteiger partial charge is 0.494 e. The number of nitro groups is 1. The van der Waals surface area contributed by atoms with Gasteiger partial charge in [-0.05, 0) is 12.5 Å². The third-order valence-electron chi connectivity index (χ3n) is 3.99. The molecule has 1 rings (SSSR count). The first-order chi connectivity index (χ1) is 12.0. The van der Waals surface area contributed by atoms with E-state index in [1.165, 1.54) is 52.0 Å². The molecule has 1 amide bonds. The summed E-state index contributed by atoms with van der Waals surface area (Å²) in [4.78, 5) is 22.7. The van der Waals surface area contributed by atoms with Crippen molar-refractivity contribution in [3.8, 4) is 11.5 Å². The predicted octanol–water partition coefficient (Wildman–Crippen LogP) is 4.69. The predicted molar refractivity (Wildman–Crippen MR) is 97.4 cm³/mol. The van der Waals surface area contributed by atoms with Gasteiger partial charge < -0.3 is 14.8 Å².